The molecule has 5 nitrogen and oxygen atoms in total. The van der Waals surface area contributed by atoms with Gasteiger partial charge in [-0.3, -0.25) is 0 Å². The Hall–Kier alpha value is -0.470. The molecule has 1 aromatic rings. The standard InChI is InChI=1S/C12H21NO4S2/c1-10(2)7-13(4-5-17-3)19(15,16)12-6-11(8-14)9-18-12/h6,9-10,14H,4-5,7-8H2,1-3H3. The van der Waals surface area contributed by atoms with Crippen LogP contribution in [0.2, 0.25) is 0 Å². The van der Waals surface area contributed by atoms with E-state index in [1.165, 1.54) is 10.4 Å². The molecule has 0 spiro atoms. The van der Waals surface area contributed by atoms with Crippen molar-refractivity contribution in [3.05, 3.63) is 17.0 Å². The van der Waals surface area contributed by atoms with Crippen molar-refractivity contribution in [2.24, 2.45) is 5.92 Å². The number of sulfonamides is 1. The zero-order valence-electron chi connectivity index (χ0n) is 11.5. The molecule has 1 N–H and O–H groups in total. The lowest BCUT2D eigenvalue weighted by atomic mass is 10.2. The molecule has 1 rings (SSSR count). The van der Waals surface area contributed by atoms with Crippen molar-refractivity contribution >= 4 is 21.4 Å². The summed E-state index contributed by atoms with van der Waals surface area (Å²) in [5, 5.41) is 10.7. The maximum absolute atomic E-state index is 12.5. The van der Waals surface area contributed by atoms with Crippen LogP contribution < -0.4 is 0 Å². The molecule has 0 aromatic carbocycles. The van der Waals surface area contributed by atoms with E-state index in [4.69, 9.17) is 9.84 Å². The van der Waals surface area contributed by atoms with Crippen molar-refractivity contribution in [3.8, 4) is 0 Å². The number of thiophene rings is 1. The van der Waals surface area contributed by atoms with Crippen LogP contribution in [-0.4, -0.2) is 44.6 Å². The third kappa shape index (κ3) is 4.54. The minimum atomic E-state index is -3.50. The van der Waals surface area contributed by atoms with Gasteiger partial charge in [-0.15, -0.1) is 11.3 Å². The van der Waals surface area contributed by atoms with E-state index in [2.05, 4.69) is 0 Å². The Bertz CT molecular complexity index is 482. The molecule has 0 unspecified atom stereocenters. The van der Waals surface area contributed by atoms with Crippen LogP contribution in [0.5, 0.6) is 0 Å². The van der Waals surface area contributed by atoms with Crippen LogP contribution in [0.15, 0.2) is 15.7 Å². The Morgan fingerprint density at radius 2 is 2.16 bits per heavy atom. The summed E-state index contributed by atoms with van der Waals surface area (Å²) < 4.78 is 31.7. The lowest BCUT2D eigenvalue weighted by Crippen LogP contribution is -2.36. The summed E-state index contributed by atoms with van der Waals surface area (Å²) in [5.74, 6) is 0.240. The highest BCUT2D eigenvalue weighted by Gasteiger charge is 2.26. The van der Waals surface area contributed by atoms with Gasteiger partial charge in [0, 0.05) is 20.2 Å². The second-order valence-electron chi connectivity index (χ2n) is 4.68. The molecule has 0 saturated heterocycles. The van der Waals surface area contributed by atoms with E-state index < -0.39 is 10.0 Å². The molecule has 0 aliphatic rings. The minimum Gasteiger partial charge on any atom is -0.392 e. The highest BCUT2D eigenvalue weighted by atomic mass is 32.2. The summed E-state index contributed by atoms with van der Waals surface area (Å²) in [4.78, 5) is 0. The molecule has 0 bridgehead atoms. The molecule has 110 valence electrons. The fourth-order valence-corrected chi connectivity index (χ4v) is 4.55. The maximum Gasteiger partial charge on any atom is 0.252 e. The van der Waals surface area contributed by atoms with E-state index in [9.17, 15) is 8.42 Å². The number of aliphatic hydroxyl groups excluding tert-OH is 1. The second kappa shape index (κ2) is 7.35. The van der Waals surface area contributed by atoms with Gasteiger partial charge in [0.15, 0.2) is 0 Å². The van der Waals surface area contributed by atoms with Crippen molar-refractivity contribution in [1.29, 1.82) is 0 Å². The molecule has 19 heavy (non-hydrogen) atoms. The Kier molecular flexibility index (Phi) is 6.41. The average molecular weight is 307 g/mol. The molecule has 0 aliphatic heterocycles. The van der Waals surface area contributed by atoms with Crippen molar-refractivity contribution in [3.63, 3.8) is 0 Å². The largest absolute Gasteiger partial charge is 0.392 e. The molecule has 0 amide bonds. The van der Waals surface area contributed by atoms with Gasteiger partial charge in [0.1, 0.15) is 4.21 Å². The Balaban J connectivity index is 2.96. The number of hydrogen-bond donors (Lipinski definition) is 1. The zero-order chi connectivity index (χ0) is 14.5. The third-order valence-electron chi connectivity index (χ3n) is 2.52. The molecule has 0 aliphatic carbocycles. The summed E-state index contributed by atoms with van der Waals surface area (Å²) in [6.07, 6.45) is 0. The molecule has 0 atom stereocenters. The van der Waals surface area contributed by atoms with Gasteiger partial charge in [0.05, 0.1) is 13.2 Å². The monoisotopic (exact) mass is 307 g/mol. The molecule has 0 fully saturated rings. The van der Waals surface area contributed by atoms with Crippen molar-refractivity contribution in [2.45, 2.75) is 24.7 Å². The lowest BCUT2D eigenvalue weighted by molar-refractivity contribution is 0.175. The number of methoxy groups -OCH3 is 1. The second-order valence-corrected chi connectivity index (χ2v) is 7.76. The molecular formula is C12H21NO4S2. The van der Waals surface area contributed by atoms with Crippen molar-refractivity contribution in [1.82, 2.24) is 4.31 Å². The van der Waals surface area contributed by atoms with Gasteiger partial charge in [0.2, 0.25) is 0 Å². The van der Waals surface area contributed by atoms with Crippen molar-refractivity contribution < 1.29 is 18.3 Å². The van der Waals surface area contributed by atoms with Crippen LogP contribution in [0.3, 0.4) is 0 Å². The highest BCUT2D eigenvalue weighted by Crippen LogP contribution is 2.24. The summed E-state index contributed by atoms with van der Waals surface area (Å²) in [6.45, 7) is 4.96. The first-order valence-electron chi connectivity index (χ1n) is 6.09. The van der Waals surface area contributed by atoms with Crippen LogP contribution in [0, 0.1) is 5.92 Å². The first-order chi connectivity index (χ1) is 8.91. The van der Waals surface area contributed by atoms with Crippen LogP contribution >= 0.6 is 11.3 Å². The summed E-state index contributed by atoms with van der Waals surface area (Å²) in [5.41, 5.74) is 0.625. The molecule has 1 heterocycles. The summed E-state index contributed by atoms with van der Waals surface area (Å²) in [6, 6.07) is 1.53. The minimum absolute atomic E-state index is 0.145. The maximum atomic E-state index is 12.5. The molecule has 1 aromatic heterocycles. The van der Waals surface area contributed by atoms with Gasteiger partial charge in [-0.2, -0.15) is 4.31 Å². The Morgan fingerprint density at radius 1 is 1.47 bits per heavy atom. The first kappa shape index (κ1) is 16.6. The van der Waals surface area contributed by atoms with Crippen LogP contribution in [0.1, 0.15) is 19.4 Å². The number of rotatable bonds is 8. The van der Waals surface area contributed by atoms with E-state index in [1.54, 1.807) is 12.5 Å². The van der Waals surface area contributed by atoms with E-state index in [0.29, 0.717) is 25.3 Å². The van der Waals surface area contributed by atoms with E-state index >= 15 is 0 Å². The fourth-order valence-electron chi connectivity index (χ4n) is 1.61. The number of nitrogens with zero attached hydrogens (tertiary/aromatic N) is 1. The van der Waals surface area contributed by atoms with E-state index in [-0.39, 0.29) is 16.7 Å². The summed E-state index contributed by atoms with van der Waals surface area (Å²) >= 11 is 1.14. The number of aliphatic hydroxyl groups is 1. The van der Waals surface area contributed by atoms with Gasteiger partial charge in [-0.25, -0.2) is 8.42 Å². The number of hydrogen-bond acceptors (Lipinski definition) is 5. The molecule has 0 radical (unpaired) electrons. The number of ether oxygens (including phenoxy) is 1. The van der Waals surface area contributed by atoms with Crippen LogP contribution in [0.25, 0.3) is 0 Å². The zero-order valence-corrected chi connectivity index (χ0v) is 13.1. The molecule has 0 saturated carbocycles. The summed E-state index contributed by atoms with van der Waals surface area (Å²) in [7, 11) is -1.95. The molecule has 7 heteroatoms. The first-order valence-corrected chi connectivity index (χ1v) is 8.41. The SMILES string of the molecule is COCCN(CC(C)C)S(=O)(=O)c1cc(CO)cs1. The average Bonchev–Trinajstić information content (AvgIpc) is 2.83. The van der Waals surface area contributed by atoms with Gasteiger partial charge in [-0.1, -0.05) is 13.8 Å². The normalized spacial score (nSPS) is 12.5. The smallest absolute Gasteiger partial charge is 0.252 e. The van der Waals surface area contributed by atoms with Gasteiger partial charge >= 0.3 is 0 Å². The quantitative estimate of drug-likeness (QED) is 0.791. The topological polar surface area (TPSA) is 66.8 Å². The van der Waals surface area contributed by atoms with Gasteiger partial charge in [-0.05, 0) is 22.9 Å². The Morgan fingerprint density at radius 3 is 2.63 bits per heavy atom. The lowest BCUT2D eigenvalue weighted by Gasteiger charge is -2.22. The van der Waals surface area contributed by atoms with Crippen LogP contribution in [0.4, 0.5) is 0 Å². The van der Waals surface area contributed by atoms with E-state index in [0.717, 1.165) is 11.3 Å². The molecular weight excluding hydrogens is 286 g/mol. The van der Waals surface area contributed by atoms with E-state index in [1.807, 2.05) is 13.8 Å². The predicted octanol–water partition coefficient (Wildman–Crippen LogP) is 1.53. The predicted molar refractivity (Wildman–Crippen MR) is 75.7 cm³/mol. The van der Waals surface area contributed by atoms with Crippen LogP contribution in [-0.2, 0) is 21.4 Å². The highest BCUT2D eigenvalue weighted by molar-refractivity contribution is 7.91. The van der Waals surface area contributed by atoms with Gasteiger partial charge < -0.3 is 9.84 Å². The van der Waals surface area contributed by atoms with Gasteiger partial charge in [0.25, 0.3) is 10.0 Å². The fraction of sp³-hybridized carbons (Fsp3) is 0.667. The third-order valence-corrected chi connectivity index (χ3v) is 5.85. The Labute approximate surface area is 118 Å². The van der Waals surface area contributed by atoms with Crippen molar-refractivity contribution in [2.75, 3.05) is 26.8 Å².